The Morgan fingerprint density at radius 1 is 1.00 bits per heavy atom. The first-order valence-corrected chi connectivity index (χ1v) is 11.4. The molecule has 0 heterocycles. The maximum atomic E-state index is 13.3. The van der Waals surface area contributed by atoms with E-state index in [1.165, 1.54) is 18.6 Å². The number of carbonyl (C=O) groups is 2. The van der Waals surface area contributed by atoms with Gasteiger partial charge in [-0.3, -0.25) is 9.59 Å². The first-order valence-electron chi connectivity index (χ1n) is 11.4. The van der Waals surface area contributed by atoms with Crippen LogP contribution in [0, 0.1) is 5.82 Å². The van der Waals surface area contributed by atoms with E-state index in [9.17, 15) is 14.0 Å². The van der Waals surface area contributed by atoms with Crippen LogP contribution in [0.4, 0.5) is 4.39 Å². The predicted octanol–water partition coefficient (Wildman–Crippen LogP) is 4.67. The number of nitrogens with one attached hydrogen (secondary N) is 1. The Morgan fingerprint density at radius 3 is 2.32 bits per heavy atom. The summed E-state index contributed by atoms with van der Waals surface area (Å²) in [6.45, 7) is 2.42. The molecule has 1 unspecified atom stereocenters. The zero-order chi connectivity index (χ0) is 22.1. The zero-order valence-electron chi connectivity index (χ0n) is 18.4. The van der Waals surface area contributed by atoms with Crippen molar-refractivity contribution in [2.75, 3.05) is 6.54 Å². The number of hydrogen-bond donors (Lipinski definition) is 1. The topological polar surface area (TPSA) is 49.4 Å². The molecule has 2 aromatic rings. The third kappa shape index (κ3) is 6.91. The minimum atomic E-state index is -0.501. The largest absolute Gasteiger partial charge is 0.352 e. The normalized spacial score (nSPS) is 15.3. The van der Waals surface area contributed by atoms with Gasteiger partial charge in [0.15, 0.2) is 0 Å². The number of hydrogen-bond acceptors (Lipinski definition) is 2. The maximum absolute atomic E-state index is 13.3. The number of nitrogens with zero attached hydrogens (tertiary/aromatic N) is 1. The summed E-state index contributed by atoms with van der Waals surface area (Å²) in [5.41, 5.74) is 1.88. The number of carbonyl (C=O) groups excluding carboxylic acids is 2. The predicted molar refractivity (Wildman–Crippen MR) is 121 cm³/mol. The Labute approximate surface area is 184 Å². The highest BCUT2D eigenvalue weighted by atomic mass is 19.1. The van der Waals surface area contributed by atoms with Gasteiger partial charge in [-0.25, -0.2) is 4.39 Å². The van der Waals surface area contributed by atoms with Crippen molar-refractivity contribution in [2.45, 2.75) is 70.4 Å². The summed E-state index contributed by atoms with van der Waals surface area (Å²) in [6.07, 6.45) is 6.92. The number of amides is 2. The third-order valence-corrected chi connectivity index (χ3v) is 6.09. The highest BCUT2D eigenvalue weighted by molar-refractivity contribution is 5.88. The maximum Gasteiger partial charge on any atom is 0.243 e. The molecule has 5 heteroatoms. The summed E-state index contributed by atoms with van der Waals surface area (Å²) >= 11 is 0. The second-order valence-electron chi connectivity index (χ2n) is 8.39. The summed E-state index contributed by atoms with van der Waals surface area (Å²) in [5, 5.41) is 3.19. The van der Waals surface area contributed by atoms with Crippen molar-refractivity contribution in [1.82, 2.24) is 10.2 Å². The van der Waals surface area contributed by atoms with Crippen molar-refractivity contribution in [1.29, 1.82) is 0 Å². The highest BCUT2D eigenvalue weighted by Crippen LogP contribution is 2.19. The van der Waals surface area contributed by atoms with E-state index in [1.807, 2.05) is 37.3 Å². The summed E-state index contributed by atoms with van der Waals surface area (Å²) < 4.78 is 13.3. The van der Waals surface area contributed by atoms with Crippen LogP contribution in [-0.2, 0) is 22.4 Å². The molecule has 0 aromatic heterocycles. The van der Waals surface area contributed by atoms with Crippen molar-refractivity contribution in [3.63, 3.8) is 0 Å². The van der Waals surface area contributed by atoms with Crippen molar-refractivity contribution < 1.29 is 14.0 Å². The Kier molecular flexibility index (Phi) is 8.63. The van der Waals surface area contributed by atoms with Crippen LogP contribution in [0.2, 0.25) is 0 Å². The van der Waals surface area contributed by atoms with Gasteiger partial charge in [0.1, 0.15) is 11.9 Å². The number of benzene rings is 2. The molecular weight excluding hydrogens is 391 g/mol. The molecule has 0 saturated heterocycles. The Balaban J connectivity index is 1.73. The molecule has 4 nitrogen and oxygen atoms in total. The second-order valence-corrected chi connectivity index (χ2v) is 8.39. The van der Waals surface area contributed by atoms with E-state index in [-0.39, 0.29) is 30.1 Å². The lowest BCUT2D eigenvalue weighted by Crippen LogP contribution is -2.52. The zero-order valence-corrected chi connectivity index (χ0v) is 18.4. The molecule has 1 aliphatic carbocycles. The van der Waals surface area contributed by atoms with Crippen molar-refractivity contribution >= 4 is 11.8 Å². The minimum Gasteiger partial charge on any atom is -0.352 e. The summed E-state index contributed by atoms with van der Waals surface area (Å²) in [7, 11) is 0. The Hall–Kier alpha value is -2.69. The van der Waals surface area contributed by atoms with Gasteiger partial charge in [-0.15, -0.1) is 0 Å². The van der Waals surface area contributed by atoms with Gasteiger partial charge in [-0.05, 0) is 48.9 Å². The molecule has 1 fully saturated rings. The van der Waals surface area contributed by atoms with Crippen LogP contribution in [0.5, 0.6) is 0 Å². The van der Waals surface area contributed by atoms with Gasteiger partial charge < -0.3 is 10.2 Å². The van der Waals surface area contributed by atoms with Gasteiger partial charge in [-0.2, -0.15) is 0 Å². The second kappa shape index (κ2) is 11.6. The van der Waals surface area contributed by atoms with E-state index >= 15 is 0 Å². The van der Waals surface area contributed by atoms with Gasteiger partial charge in [0.2, 0.25) is 11.8 Å². The van der Waals surface area contributed by atoms with Gasteiger partial charge in [0.25, 0.3) is 0 Å². The van der Waals surface area contributed by atoms with Crippen LogP contribution in [0.3, 0.4) is 0 Å². The van der Waals surface area contributed by atoms with E-state index in [2.05, 4.69) is 5.32 Å². The highest BCUT2D eigenvalue weighted by Gasteiger charge is 2.30. The smallest absolute Gasteiger partial charge is 0.243 e. The van der Waals surface area contributed by atoms with Crippen LogP contribution in [0.25, 0.3) is 0 Å². The Morgan fingerprint density at radius 2 is 1.68 bits per heavy atom. The van der Waals surface area contributed by atoms with E-state index < -0.39 is 6.04 Å². The first-order chi connectivity index (χ1) is 15.1. The SMILES string of the molecule is CCC(C(=O)NC1CCCCC1)N(CCc1ccccc1)C(=O)Cc1ccc(F)cc1. The first kappa shape index (κ1) is 23.0. The molecule has 166 valence electrons. The molecule has 2 aromatic carbocycles. The van der Waals surface area contributed by atoms with Gasteiger partial charge >= 0.3 is 0 Å². The molecule has 1 atom stereocenters. The van der Waals surface area contributed by atoms with Crippen molar-refractivity contribution in [3.8, 4) is 0 Å². The fourth-order valence-electron chi connectivity index (χ4n) is 4.32. The van der Waals surface area contributed by atoms with Crippen molar-refractivity contribution in [3.05, 3.63) is 71.5 Å². The molecule has 31 heavy (non-hydrogen) atoms. The summed E-state index contributed by atoms with van der Waals surface area (Å²) in [5.74, 6) is -0.487. The lowest BCUT2D eigenvalue weighted by Gasteiger charge is -2.33. The molecule has 2 amide bonds. The molecule has 1 aliphatic rings. The van der Waals surface area contributed by atoms with Crippen LogP contribution in [0.1, 0.15) is 56.6 Å². The number of rotatable bonds is 9. The molecule has 3 rings (SSSR count). The lowest BCUT2D eigenvalue weighted by atomic mass is 9.95. The third-order valence-electron chi connectivity index (χ3n) is 6.09. The molecule has 0 aliphatic heterocycles. The molecule has 1 saturated carbocycles. The minimum absolute atomic E-state index is 0.0603. The Bertz CT molecular complexity index is 832. The van der Waals surface area contributed by atoms with Gasteiger partial charge in [0, 0.05) is 12.6 Å². The quantitative estimate of drug-likeness (QED) is 0.636. The fourth-order valence-corrected chi connectivity index (χ4v) is 4.32. The van der Waals surface area contributed by atoms with Crippen LogP contribution in [-0.4, -0.2) is 35.3 Å². The standard InChI is InChI=1S/C26H33FN2O2/c1-2-24(26(31)28-23-11-7-4-8-12-23)29(18-17-20-9-5-3-6-10-20)25(30)19-21-13-15-22(27)16-14-21/h3,5-6,9-10,13-16,23-24H,2,4,7-8,11-12,17-19H2,1H3,(H,28,31). The fraction of sp³-hybridized carbons (Fsp3) is 0.462. The number of halogens is 1. The summed E-state index contributed by atoms with van der Waals surface area (Å²) in [4.78, 5) is 28.1. The molecule has 0 radical (unpaired) electrons. The summed E-state index contributed by atoms with van der Waals surface area (Å²) in [6, 6.07) is 15.7. The monoisotopic (exact) mass is 424 g/mol. The molecule has 1 N–H and O–H groups in total. The van der Waals surface area contributed by atoms with Crippen molar-refractivity contribution in [2.24, 2.45) is 0 Å². The average Bonchev–Trinajstić information content (AvgIpc) is 2.79. The van der Waals surface area contributed by atoms with Crippen LogP contribution < -0.4 is 5.32 Å². The van der Waals surface area contributed by atoms with Crippen LogP contribution in [0.15, 0.2) is 54.6 Å². The van der Waals surface area contributed by atoms with Gasteiger partial charge in [-0.1, -0.05) is 68.7 Å². The van der Waals surface area contributed by atoms with E-state index in [1.54, 1.807) is 17.0 Å². The lowest BCUT2D eigenvalue weighted by molar-refractivity contribution is -0.140. The molecule has 0 spiro atoms. The van der Waals surface area contributed by atoms with E-state index in [0.717, 1.165) is 36.8 Å². The van der Waals surface area contributed by atoms with E-state index in [4.69, 9.17) is 0 Å². The van der Waals surface area contributed by atoms with Crippen LogP contribution >= 0.6 is 0 Å². The van der Waals surface area contributed by atoms with E-state index in [0.29, 0.717) is 19.4 Å². The van der Waals surface area contributed by atoms with Gasteiger partial charge in [0.05, 0.1) is 6.42 Å². The molecular formula is C26H33FN2O2. The average molecular weight is 425 g/mol. The molecule has 0 bridgehead atoms.